The molecule has 1 aliphatic heterocycles. The summed E-state index contributed by atoms with van der Waals surface area (Å²) in [5.74, 6) is 0.452. The first-order chi connectivity index (χ1) is 8.08. The Balaban J connectivity index is 0.00000162. The van der Waals surface area contributed by atoms with Gasteiger partial charge in [0, 0.05) is 30.1 Å². The van der Waals surface area contributed by atoms with Crippen molar-refractivity contribution in [1.29, 1.82) is 0 Å². The van der Waals surface area contributed by atoms with Crippen LogP contribution in [0.2, 0.25) is 0 Å². The predicted octanol–water partition coefficient (Wildman–Crippen LogP) is 1.93. The van der Waals surface area contributed by atoms with Gasteiger partial charge in [0.2, 0.25) is 5.91 Å². The molecule has 6 heteroatoms. The molecule has 1 aliphatic rings. The van der Waals surface area contributed by atoms with Crippen molar-refractivity contribution in [1.82, 2.24) is 9.88 Å². The smallest absolute Gasteiger partial charge is 0.239 e. The molecule has 4 nitrogen and oxygen atoms in total. The van der Waals surface area contributed by atoms with Crippen molar-refractivity contribution in [3.05, 3.63) is 16.1 Å². The van der Waals surface area contributed by atoms with Crippen LogP contribution in [0.5, 0.6) is 0 Å². The maximum atomic E-state index is 11.9. The Bertz CT molecular complexity index is 408. The van der Waals surface area contributed by atoms with Gasteiger partial charge in [0.25, 0.3) is 0 Å². The lowest BCUT2D eigenvalue weighted by Gasteiger charge is -2.32. The van der Waals surface area contributed by atoms with Gasteiger partial charge in [-0.1, -0.05) is 0 Å². The van der Waals surface area contributed by atoms with Crippen molar-refractivity contribution >= 4 is 29.7 Å². The number of halogens is 1. The molecule has 1 fully saturated rings. The van der Waals surface area contributed by atoms with Crippen molar-refractivity contribution in [3.8, 4) is 0 Å². The molecule has 0 saturated carbocycles. The summed E-state index contributed by atoms with van der Waals surface area (Å²) in [6.45, 7) is 5.36. The summed E-state index contributed by atoms with van der Waals surface area (Å²) < 4.78 is 0. The van der Waals surface area contributed by atoms with Crippen LogP contribution in [-0.4, -0.2) is 34.9 Å². The summed E-state index contributed by atoms with van der Waals surface area (Å²) >= 11 is 1.70. The van der Waals surface area contributed by atoms with Gasteiger partial charge in [-0.15, -0.1) is 23.7 Å². The lowest BCUT2D eigenvalue weighted by atomic mass is 9.98. The molecule has 0 aromatic carbocycles. The number of likely N-dealkylation sites (tertiary alicyclic amines) is 1. The Kier molecular flexibility index (Phi) is 5.56. The Labute approximate surface area is 118 Å². The first-order valence-electron chi connectivity index (χ1n) is 6.04. The Morgan fingerprint density at radius 1 is 1.67 bits per heavy atom. The number of aryl methyl sites for hydroxylation is 1. The summed E-state index contributed by atoms with van der Waals surface area (Å²) in [5, 5.41) is 3.23. The zero-order valence-corrected chi connectivity index (χ0v) is 12.4. The molecule has 0 radical (unpaired) electrons. The minimum Gasteiger partial charge on any atom is -0.341 e. The third-order valence-corrected chi connectivity index (χ3v) is 4.23. The van der Waals surface area contributed by atoms with Crippen LogP contribution in [0.4, 0.5) is 0 Å². The van der Waals surface area contributed by atoms with E-state index in [1.165, 1.54) is 0 Å². The average molecular weight is 290 g/mol. The molecule has 2 unspecified atom stereocenters. The van der Waals surface area contributed by atoms with Crippen LogP contribution in [0.15, 0.2) is 5.38 Å². The topological polar surface area (TPSA) is 59.2 Å². The molecule has 2 rings (SSSR count). The molecule has 2 heterocycles. The van der Waals surface area contributed by atoms with Crippen molar-refractivity contribution in [3.63, 3.8) is 0 Å². The summed E-state index contributed by atoms with van der Waals surface area (Å²) in [6, 6.07) is -0.396. The lowest BCUT2D eigenvalue weighted by molar-refractivity contribution is -0.133. The molecule has 18 heavy (non-hydrogen) atoms. The van der Waals surface area contributed by atoms with Crippen molar-refractivity contribution < 1.29 is 4.79 Å². The van der Waals surface area contributed by atoms with Gasteiger partial charge >= 0.3 is 0 Å². The van der Waals surface area contributed by atoms with Gasteiger partial charge in [0.05, 0.1) is 11.0 Å². The summed E-state index contributed by atoms with van der Waals surface area (Å²) in [6.07, 6.45) is 2.16. The predicted molar refractivity (Wildman–Crippen MR) is 76.3 cm³/mol. The van der Waals surface area contributed by atoms with Gasteiger partial charge < -0.3 is 10.6 Å². The highest BCUT2D eigenvalue weighted by Crippen LogP contribution is 2.29. The van der Waals surface area contributed by atoms with Crippen LogP contribution in [-0.2, 0) is 4.79 Å². The SMILES string of the molecule is Cc1csc(C2CCCN(C(=O)C(C)N)C2)n1.Cl. The van der Waals surface area contributed by atoms with Crippen molar-refractivity contribution in [2.75, 3.05) is 13.1 Å². The van der Waals surface area contributed by atoms with E-state index in [1.807, 2.05) is 11.8 Å². The number of carbonyl (C=O) groups excluding carboxylic acids is 1. The van der Waals surface area contributed by atoms with E-state index in [0.29, 0.717) is 5.92 Å². The number of thiazole rings is 1. The Hall–Kier alpha value is -0.650. The van der Waals surface area contributed by atoms with Crippen LogP contribution < -0.4 is 5.73 Å². The van der Waals surface area contributed by atoms with Gasteiger partial charge in [-0.25, -0.2) is 4.98 Å². The maximum absolute atomic E-state index is 11.9. The lowest BCUT2D eigenvalue weighted by Crippen LogP contribution is -2.46. The second-order valence-electron chi connectivity index (χ2n) is 4.74. The van der Waals surface area contributed by atoms with E-state index < -0.39 is 6.04 Å². The zero-order chi connectivity index (χ0) is 12.4. The number of nitrogens with two attached hydrogens (primary N) is 1. The van der Waals surface area contributed by atoms with Gasteiger partial charge in [0.1, 0.15) is 0 Å². The summed E-state index contributed by atoms with van der Waals surface area (Å²) in [4.78, 5) is 18.3. The molecule has 0 aliphatic carbocycles. The average Bonchev–Trinajstić information content (AvgIpc) is 2.75. The number of aromatic nitrogens is 1. The largest absolute Gasteiger partial charge is 0.341 e. The number of hydrogen-bond donors (Lipinski definition) is 1. The van der Waals surface area contributed by atoms with E-state index in [2.05, 4.69) is 10.4 Å². The molecular weight excluding hydrogens is 270 g/mol. The molecular formula is C12H20ClN3OS. The quantitative estimate of drug-likeness (QED) is 0.905. The standard InChI is InChI=1S/C12H19N3OS.ClH/c1-8-7-17-11(14-8)10-4-3-5-15(6-10)12(16)9(2)13;/h7,9-10H,3-6,13H2,1-2H3;1H. The fraction of sp³-hybridized carbons (Fsp3) is 0.667. The number of amides is 1. The fourth-order valence-corrected chi connectivity index (χ4v) is 3.15. The van der Waals surface area contributed by atoms with E-state index >= 15 is 0 Å². The molecule has 1 saturated heterocycles. The van der Waals surface area contributed by atoms with Gasteiger partial charge in [-0.2, -0.15) is 0 Å². The zero-order valence-electron chi connectivity index (χ0n) is 10.8. The Morgan fingerprint density at radius 3 is 2.94 bits per heavy atom. The van der Waals surface area contributed by atoms with Crippen LogP contribution in [0.25, 0.3) is 0 Å². The van der Waals surface area contributed by atoms with E-state index in [4.69, 9.17) is 5.73 Å². The number of rotatable bonds is 2. The molecule has 0 spiro atoms. The maximum Gasteiger partial charge on any atom is 0.239 e. The molecule has 1 amide bonds. The first kappa shape index (κ1) is 15.4. The monoisotopic (exact) mass is 289 g/mol. The van der Waals surface area contributed by atoms with E-state index in [9.17, 15) is 4.79 Å². The highest BCUT2D eigenvalue weighted by Gasteiger charge is 2.27. The second kappa shape index (κ2) is 6.50. The van der Waals surface area contributed by atoms with Crippen LogP contribution >= 0.6 is 23.7 Å². The van der Waals surface area contributed by atoms with Crippen LogP contribution in [0, 0.1) is 6.92 Å². The molecule has 102 valence electrons. The molecule has 1 aromatic rings. The normalized spacial score (nSPS) is 21.3. The molecule has 0 bridgehead atoms. The first-order valence-corrected chi connectivity index (χ1v) is 6.92. The molecule has 2 N–H and O–H groups in total. The Morgan fingerprint density at radius 2 is 2.39 bits per heavy atom. The summed E-state index contributed by atoms with van der Waals surface area (Å²) in [5.41, 5.74) is 6.72. The van der Waals surface area contributed by atoms with E-state index in [-0.39, 0.29) is 18.3 Å². The van der Waals surface area contributed by atoms with Crippen LogP contribution in [0.3, 0.4) is 0 Å². The highest BCUT2D eigenvalue weighted by atomic mass is 35.5. The minimum atomic E-state index is -0.396. The van der Waals surface area contributed by atoms with Crippen LogP contribution in [0.1, 0.15) is 36.4 Å². The summed E-state index contributed by atoms with van der Waals surface area (Å²) in [7, 11) is 0. The van der Waals surface area contributed by atoms with E-state index in [1.54, 1.807) is 18.3 Å². The number of nitrogens with zero attached hydrogens (tertiary/aromatic N) is 2. The molecule has 2 atom stereocenters. The fourth-order valence-electron chi connectivity index (χ4n) is 2.23. The van der Waals surface area contributed by atoms with Crippen molar-refractivity contribution in [2.45, 2.75) is 38.6 Å². The van der Waals surface area contributed by atoms with E-state index in [0.717, 1.165) is 36.6 Å². The third kappa shape index (κ3) is 3.43. The van der Waals surface area contributed by atoms with Gasteiger partial charge in [-0.05, 0) is 26.7 Å². The third-order valence-electron chi connectivity index (χ3n) is 3.11. The number of carbonyl (C=O) groups is 1. The van der Waals surface area contributed by atoms with Gasteiger partial charge in [-0.3, -0.25) is 4.79 Å². The number of piperidine rings is 1. The highest BCUT2D eigenvalue weighted by molar-refractivity contribution is 7.09. The van der Waals surface area contributed by atoms with Gasteiger partial charge in [0.15, 0.2) is 0 Å². The van der Waals surface area contributed by atoms with Crippen molar-refractivity contribution in [2.24, 2.45) is 5.73 Å². The second-order valence-corrected chi connectivity index (χ2v) is 5.63. The number of hydrogen-bond acceptors (Lipinski definition) is 4. The minimum absolute atomic E-state index is 0. The molecule has 1 aromatic heterocycles.